The summed E-state index contributed by atoms with van der Waals surface area (Å²) in [6.07, 6.45) is 0. The predicted octanol–water partition coefficient (Wildman–Crippen LogP) is 5.13. The minimum atomic E-state index is -0.108. The topological polar surface area (TPSA) is 70.1 Å². The van der Waals surface area contributed by atoms with Crippen LogP contribution in [0.5, 0.6) is 0 Å². The highest BCUT2D eigenvalue weighted by Crippen LogP contribution is 2.33. The molecular formula is C22H35N5OS. The Morgan fingerprint density at radius 1 is 0.966 bits per heavy atom. The van der Waals surface area contributed by atoms with Crippen LogP contribution in [0.25, 0.3) is 0 Å². The molecule has 1 amide bonds. The first kappa shape index (κ1) is 23.3. The molecule has 0 aliphatic heterocycles. The van der Waals surface area contributed by atoms with E-state index in [1.54, 1.807) is 0 Å². The van der Waals surface area contributed by atoms with Crippen LogP contribution in [0.3, 0.4) is 0 Å². The fourth-order valence-electron chi connectivity index (χ4n) is 3.11. The van der Waals surface area contributed by atoms with Gasteiger partial charge in [0, 0.05) is 18.7 Å². The molecule has 0 aliphatic carbocycles. The van der Waals surface area contributed by atoms with Gasteiger partial charge in [0.2, 0.25) is 10.3 Å². The molecule has 0 bridgehead atoms. The van der Waals surface area contributed by atoms with Gasteiger partial charge in [-0.15, -0.1) is 10.2 Å². The van der Waals surface area contributed by atoms with E-state index in [9.17, 15) is 4.79 Å². The molecule has 160 valence electrons. The number of hydrogen-bond acceptors (Lipinski definition) is 6. The van der Waals surface area contributed by atoms with Crippen molar-refractivity contribution in [3.05, 3.63) is 34.4 Å². The molecule has 0 aliphatic rings. The van der Waals surface area contributed by atoms with Crippen LogP contribution < -0.4 is 10.6 Å². The summed E-state index contributed by atoms with van der Waals surface area (Å²) in [6, 6.07) is 4.37. The molecule has 0 saturated carbocycles. The smallest absolute Gasteiger partial charge is 0.258 e. The monoisotopic (exact) mass is 417 g/mol. The lowest BCUT2D eigenvalue weighted by molar-refractivity contribution is 0.102. The molecule has 0 spiro atoms. The van der Waals surface area contributed by atoms with E-state index in [0.29, 0.717) is 16.2 Å². The molecule has 7 heteroatoms. The number of hydrogen-bond donors (Lipinski definition) is 2. The summed E-state index contributed by atoms with van der Waals surface area (Å²) < 4.78 is 0. The predicted molar refractivity (Wildman–Crippen MR) is 124 cm³/mol. The SMILES string of the molecule is CC(C)c1cc(C(C)C)c(C(=O)Nc2nnc(NCCN(C)C)s2)c(C(C)C)c1. The first-order valence-corrected chi connectivity index (χ1v) is 11.1. The van der Waals surface area contributed by atoms with Crippen LogP contribution in [0, 0.1) is 0 Å². The molecule has 1 aromatic heterocycles. The van der Waals surface area contributed by atoms with E-state index < -0.39 is 0 Å². The molecule has 2 rings (SSSR count). The third-order valence-electron chi connectivity index (χ3n) is 4.84. The fraction of sp³-hybridized carbons (Fsp3) is 0.591. The number of carbonyl (C=O) groups is 1. The first-order valence-electron chi connectivity index (χ1n) is 10.3. The Balaban J connectivity index is 2.29. The summed E-state index contributed by atoms with van der Waals surface area (Å²) in [5.74, 6) is 0.819. The summed E-state index contributed by atoms with van der Waals surface area (Å²) in [4.78, 5) is 15.4. The molecule has 0 fully saturated rings. The zero-order valence-electron chi connectivity index (χ0n) is 19.0. The van der Waals surface area contributed by atoms with Crippen LogP contribution in [-0.2, 0) is 0 Å². The van der Waals surface area contributed by atoms with Gasteiger partial charge < -0.3 is 10.2 Å². The number of amides is 1. The van der Waals surface area contributed by atoms with Gasteiger partial charge in [-0.05, 0) is 48.5 Å². The Kier molecular flexibility index (Phi) is 8.16. The number of benzene rings is 1. The Hall–Kier alpha value is -1.99. The highest BCUT2D eigenvalue weighted by molar-refractivity contribution is 7.19. The second kappa shape index (κ2) is 10.2. The Morgan fingerprint density at radius 3 is 2.00 bits per heavy atom. The van der Waals surface area contributed by atoms with Crippen LogP contribution >= 0.6 is 11.3 Å². The quantitative estimate of drug-likeness (QED) is 0.591. The van der Waals surface area contributed by atoms with Crippen LogP contribution in [0.1, 0.15) is 86.3 Å². The van der Waals surface area contributed by atoms with Crippen LogP contribution in [0.4, 0.5) is 10.3 Å². The standard InChI is InChI=1S/C22H35N5OS/c1-13(2)16-11-17(14(3)4)19(18(12-16)15(5)6)20(28)24-22-26-25-21(29-22)23-9-10-27(7)8/h11-15H,9-10H2,1-8H3,(H,23,25)(H,24,26,28). The third-order valence-corrected chi connectivity index (χ3v) is 5.64. The normalized spacial score (nSPS) is 11.7. The lowest BCUT2D eigenvalue weighted by Gasteiger charge is -2.22. The maximum Gasteiger partial charge on any atom is 0.258 e. The number of nitrogens with zero attached hydrogens (tertiary/aromatic N) is 3. The van der Waals surface area contributed by atoms with E-state index in [-0.39, 0.29) is 17.7 Å². The van der Waals surface area contributed by atoms with E-state index >= 15 is 0 Å². The van der Waals surface area contributed by atoms with Gasteiger partial charge in [-0.1, -0.05) is 65.0 Å². The molecule has 1 aromatic carbocycles. The van der Waals surface area contributed by atoms with Gasteiger partial charge in [0.15, 0.2) is 0 Å². The number of aromatic nitrogens is 2. The Morgan fingerprint density at radius 2 is 1.52 bits per heavy atom. The highest BCUT2D eigenvalue weighted by Gasteiger charge is 2.23. The van der Waals surface area contributed by atoms with Crippen molar-refractivity contribution in [2.24, 2.45) is 0 Å². The molecule has 1 heterocycles. The van der Waals surface area contributed by atoms with Crippen molar-refractivity contribution in [3.63, 3.8) is 0 Å². The highest BCUT2D eigenvalue weighted by atomic mass is 32.1. The van der Waals surface area contributed by atoms with Crippen LogP contribution in [-0.4, -0.2) is 48.2 Å². The van der Waals surface area contributed by atoms with E-state index in [1.807, 2.05) is 14.1 Å². The Bertz CT molecular complexity index is 797. The summed E-state index contributed by atoms with van der Waals surface area (Å²) in [5.41, 5.74) is 4.23. The summed E-state index contributed by atoms with van der Waals surface area (Å²) in [6.45, 7) is 14.6. The Labute approximate surface area is 179 Å². The fourth-order valence-corrected chi connectivity index (χ4v) is 3.77. The van der Waals surface area contributed by atoms with Gasteiger partial charge >= 0.3 is 0 Å². The number of anilines is 2. The minimum Gasteiger partial charge on any atom is -0.359 e. The molecule has 0 unspecified atom stereocenters. The van der Waals surface area contributed by atoms with Gasteiger partial charge in [0.1, 0.15) is 0 Å². The van der Waals surface area contributed by atoms with Crippen molar-refractivity contribution >= 4 is 27.5 Å². The largest absolute Gasteiger partial charge is 0.359 e. The first-order chi connectivity index (χ1) is 13.6. The molecule has 2 N–H and O–H groups in total. The number of nitrogens with one attached hydrogen (secondary N) is 2. The lowest BCUT2D eigenvalue weighted by Crippen LogP contribution is -2.20. The average molecular weight is 418 g/mol. The van der Waals surface area contributed by atoms with Gasteiger partial charge in [0.05, 0.1) is 0 Å². The summed E-state index contributed by atoms with van der Waals surface area (Å²) >= 11 is 1.36. The second-order valence-electron chi connectivity index (χ2n) is 8.64. The van der Waals surface area contributed by atoms with Gasteiger partial charge in [-0.3, -0.25) is 10.1 Å². The maximum atomic E-state index is 13.3. The van der Waals surface area contributed by atoms with Crippen molar-refractivity contribution in [3.8, 4) is 0 Å². The van der Waals surface area contributed by atoms with Crippen LogP contribution in [0.15, 0.2) is 12.1 Å². The molecule has 0 atom stereocenters. The van der Waals surface area contributed by atoms with Crippen molar-refractivity contribution in [1.29, 1.82) is 0 Å². The van der Waals surface area contributed by atoms with Crippen LogP contribution in [0.2, 0.25) is 0 Å². The zero-order valence-corrected chi connectivity index (χ0v) is 19.8. The summed E-state index contributed by atoms with van der Waals surface area (Å²) in [7, 11) is 4.05. The van der Waals surface area contributed by atoms with Gasteiger partial charge in [-0.25, -0.2) is 0 Å². The zero-order chi connectivity index (χ0) is 21.7. The molecule has 0 radical (unpaired) electrons. The van der Waals surface area contributed by atoms with Crippen molar-refractivity contribution in [2.45, 2.75) is 59.3 Å². The second-order valence-corrected chi connectivity index (χ2v) is 9.61. The lowest BCUT2D eigenvalue weighted by atomic mass is 9.84. The van der Waals surface area contributed by atoms with E-state index in [2.05, 4.69) is 79.4 Å². The van der Waals surface area contributed by atoms with Crippen molar-refractivity contribution in [1.82, 2.24) is 15.1 Å². The van der Waals surface area contributed by atoms with E-state index in [4.69, 9.17) is 0 Å². The third kappa shape index (κ3) is 6.24. The van der Waals surface area contributed by atoms with Gasteiger partial charge in [-0.2, -0.15) is 0 Å². The minimum absolute atomic E-state index is 0.108. The maximum absolute atomic E-state index is 13.3. The number of carbonyl (C=O) groups excluding carboxylic acids is 1. The molecule has 0 saturated heterocycles. The van der Waals surface area contributed by atoms with Gasteiger partial charge in [0.25, 0.3) is 5.91 Å². The molecular weight excluding hydrogens is 382 g/mol. The van der Waals surface area contributed by atoms with Crippen molar-refractivity contribution in [2.75, 3.05) is 37.8 Å². The average Bonchev–Trinajstić information content (AvgIpc) is 3.07. The number of rotatable bonds is 9. The number of likely N-dealkylation sites (N-methyl/N-ethyl adjacent to an activating group) is 1. The van der Waals surface area contributed by atoms with Crippen molar-refractivity contribution < 1.29 is 4.79 Å². The summed E-state index contributed by atoms with van der Waals surface area (Å²) in [5, 5.41) is 15.7. The van der Waals surface area contributed by atoms with E-state index in [1.165, 1.54) is 16.9 Å². The molecule has 29 heavy (non-hydrogen) atoms. The molecule has 6 nitrogen and oxygen atoms in total. The van der Waals surface area contributed by atoms with E-state index in [0.717, 1.165) is 29.8 Å². The molecule has 2 aromatic rings.